The molecule has 0 bridgehead atoms. The van der Waals surface area contributed by atoms with Crippen molar-refractivity contribution in [3.8, 4) is 0 Å². The summed E-state index contributed by atoms with van der Waals surface area (Å²) in [5.41, 5.74) is 6.31. The zero-order valence-electron chi connectivity index (χ0n) is 8.25. The lowest BCUT2D eigenvalue weighted by atomic mass is 10.3. The smallest absolute Gasteiger partial charge is 0.249 e. The zero-order valence-corrected chi connectivity index (χ0v) is 9.07. The molecule has 0 saturated heterocycles. The number of anilines is 1. The number of alkyl halides is 2. The fourth-order valence-corrected chi connectivity index (χ4v) is 3.10. The van der Waals surface area contributed by atoms with E-state index in [4.69, 9.17) is 5.73 Å². The Morgan fingerprint density at radius 1 is 1.40 bits per heavy atom. The third kappa shape index (κ3) is 2.84. The average Bonchev–Trinajstić information content (AvgIpc) is 2.45. The third-order valence-electron chi connectivity index (χ3n) is 2.52. The SMILES string of the molecule is Nc1cccc(SC2CCC(F)(F)C2)c1. The maximum atomic E-state index is 12.9. The molecule has 1 fully saturated rings. The minimum absolute atomic E-state index is 0.00747. The molecule has 0 aliphatic heterocycles. The van der Waals surface area contributed by atoms with Crippen LogP contribution in [0.25, 0.3) is 0 Å². The first-order chi connectivity index (χ1) is 7.05. The fourth-order valence-electron chi connectivity index (χ4n) is 1.79. The van der Waals surface area contributed by atoms with Gasteiger partial charge in [-0.05, 0) is 24.6 Å². The summed E-state index contributed by atoms with van der Waals surface area (Å²) in [6.45, 7) is 0. The Balaban J connectivity index is 1.99. The summed E-state index contributed by atoms with van der Waals surface area (Å²) in [5, 5.41) is 0.0294. The summed E-state index contributed by atoms with van der Waals surface area (Å²) >= 11 is 1.51. The van der Waals surface area contributed by atoms with E-state index >= 15 is 0 Å². The molecule has 15 heavy (non-hydrogen) atoms. The minimum atomic E-state index is -2.46. The van der Waals surface area contributed by atoms with Gasteiger partial charge in [0.05, 0.1) is 0 Å². The molecule has 2 N–H and O–H groups in total. The number of halogens is 2. The second kappa shape index (κ2) is 4.00. The first-order valence-electron chi connectivity index (χ1n) is 4.95. The molecule has 0 aromatic heterocycles. The van der Waals surface area contributed by atoms with Gasteiger partial charge in [-0.3, -0.25) is 0 Å². The number of nitrogens with two attached hydrogens (primary N) is 1. The van der Waals surface area contributed by atoms with Crippen LogP contribution in [0.5, 0.6) is 0 Å². The highest BCUT2D eigenvalue weighted by molar-refractivity contribution is 8.00. The van der Waals surface area contributed by atoms with Crippen LogP contribution in [0, 0.1) is 0 Å². The second-order valence-corrected chi connectivity index (χ2v) is 5.28. The van der Waals surface area contributed by atoms with E-state index in [0.29, 0.717) is 12.1 Å². The van der Waals surface area contributed by atoms with Crippen molar-refractivity contribution in [1.82, 2.24) is 0 Å². The Hall–Kier alpha value is -0.770. The molecular weight excluding hydrogens is 216 g/mol. The van der Waals surface area contributed by atoms with Crippen LogP contribution in [-0.4, -0.2) is 11.2 Å². The van der Waals surface area contributed by atoms with Gasteiger partial charge in [-0.25, -0.2) is 8.78 Å². The van der Waals surface area contributed by atoms with E-state index < -0.39 is 5.92 Å². The van der Waals surface area contributed by atoms with Gasteiger partial charge in [0.15, 0.2) is 0 Å². The summed E-state index contributed by atoms with van der Waals surface area (Å²) in [5.74, 6) is -2.46. The lowest BCUT2D eigenvalue weighted by Gasteiger charge is -2.10. The Kier molecular flexibility index (Phi) is 2.87. The summed E-state index contributed by atoms with van der Waals surface area (Å²) in [4.78, 5) is 0.984. The zero-order chi connectivity index (χ0) is 10.9. The van der Waals surface area contributed by atoms with Crippen LogP contribution in [-0.2, 0) is 0 Å². The highest BCUT2D eigenvalue weighted by Crippen LogP contribution is 2.43. The maximum Gasteiger partial charge on any atom is 0.249 e. The molecular formula is C11H13F2NS. The monoisotopic (exact) mass is 229 g/mol. The van der Waals surface area contributed by atoms with Crippen molar-refractivity contribution in [3.05, 3.63) is 24.3 Å². The molecule has 1 aliphatic carbocycles. The van der Waals surface area contributed by atoms with Crippen molar-refractivity contribution in [2.45, 2.75) is 35.3 Å². The average molecular weight is 229 g/mol. The minimum Gasteiger partial charge on any atom is -0.399 e. The van der Waals surface area contributed by atoms with Crippen LogP contribution in [0.4, 0.5) is 14.5 Å². The summed E-state index contributed by atoms with van der Waals surface area (Å²) in [7, 11) is 0. The van der Waals surface area contributed by atoms with Crippen LogP contribution in [0.1, 0.15) is 19.3 Å². The number of nitrogen functional groups attached to an aromatic ring is 1. The first-order valence-corrected chi connectivity index (χ1v) is 5.83. The molecule has 0 heterocycles. The highest BCUT2D eigenvalue weighted by Gasteiger charge is 2.39. The lowest BCUT2D eigenvalue weighted by Crippen LogP contribution is -2.10. The largest absolute Gasteiger partial charge is 0.399 e. The molecule has 1 aromatic rings. The molecule has 1 unspecified atom stereocenters. The lowest BCUT2D eigenvalue weighted by molar-refractivity contribution is 0.00978. The van der Waals surface area contributed by atoms with Gasteiger partial charge >= 0.3 is 0 Å². The van der Waals surface area contributed by atoms with Gasteiger partial charge in [0, 0.05) is 28.7 Å². The van der Waals surface area contributed by atoms with Crippen molar-refractivity contribution in [2.24, 2.45) is 0 Å². The van der Waals surface area contributed by atoms with Crippen molar-refractivity contribution < 1.29 is 8.78 Å². The van der Waals surface area contributed by atoms with Crippen LogP contribution < -0.4 is 5.73 Å². The second-order valence-electron chi connectivity index (χ2n) is 3.91. The standard InChI is InChI=1S/C11H13F2NS/c12-11(13)5-4-10(7-11)15-9-3-1-2-8(14)6-9/h1-3,6,10H,4-5,7,14H2. The number of hydrogen-bond donors (Lipinski definition) is 1. The van der Waals surface area contributed by atoms with Gasteiger partial charge in [0.1, 0.15) is 0 Å². The number of hydrogen-bond acceptors (Lipinski definition) is 2. The molecule has 1 aromatic carbocycles. The van der Waals surface area contributed by atoms with Gasteiger partial charge < -0.3 is 5.73 Å². The van der Waals surface area contributed by atoms with E-state index in [0.717, 1.165) is 4.90 Å². The predicted molar refractivity (Wildman–Crippen MR) is 59.3 cm³/mol. The molecule has 0 radical (unpaired) electrons. The molecule has 2 rings (SSSR count). The molecule has 1 aliphatic rings. The van der Waals surface area contributed by atoms with E-state index in [1.54, 1.807) is 6.07 Å². The number of thioether (sulfide) groups is 1. The molecule has 4 heteroatoms. The number of benzene rings is 1. The quantitative estimate of drug-likeness (QED) is 0.785. The first kappa shape index (κ1) is 10.7. The molecule has 1 atom stereocenters. The van der Waals surface area contributed by atoms with Crippen LogP contribution in [0.3, 0.4) is 0 Å². The van der Waals surface area contributed by atoms with Crippen LogP contribution >= 0.6 is 11.8 Å². The van der Waals surface area contributed by atoms with E-state index in [1.165, 1.54) is 11.8 Å². The summed E-state index contributed by atoms with van der Waals surface area (Å²) in [6, 6.07) is 7.40. The molecule has 1 saturated carbocycles. The Bertz CT molecular complexity index is 354. The maximum absolute atomic E-state index is 12.9. The van der Waals surface area contributed by atoms with Crippen molar-refractivity contribution in [1.29, 1.82) is 0 Å². The fraction of sp³-hybridized carbons (Fsp3) is 0.455. The Morgan fingerprint density at radius 2 is 2.20 bits per heavy atom. The topological polar surface area (TPSA) is 26.0 Å². The van der Waals surface area contributed by atoms with Gasteiger partial charge in [-0.2, -0.15) is 0 Å². The summed E-state index contributed by atoms with van der Waals surface area (Å²) < 4.78 is 25.9. The van der Waals surface area contributed by atoms with Crippen molar-refractivity contribution >= 4 is 17.4 Å². The van der Waals surface area contributed by atoms with Crippen LogP contribution in [0.15, 0.2) is 29.2 Å². The van der Waals surface area contributed by atoms with Crippen molar-refractivity contribution in [3.63, 3.8) is 0 Å². The van der Waals surface area contributed by atoms with Gasteiger partial charge in [0.2, 0.25) is 5.92 Å². The number of rotatable bonds is 2. The molecule has 1 nitrogen and oxygen atoms in total. The Labute approximate surface area is 92.0 Å². The van der Waals surface area contributed by atoms with E-state index in [1.807, 2.05) is 18.2 Å². The van der Waals surface area contributed by atoms with E-state index in [9.17, 15) is 8.78 Å². The highest BCUT2D eigenvalue weighted by atomic mass is 32.2. The Morgan fingerprint density at radius 3 is 2.80 bits per heavy atom. The van der Waals surface area contributed by atoms with Crippen molar-refractivity contribution in [2.75, 3.05) is 5.73 Å². The molecule has 82 valence electrons. The van der Waals surface area contributed by atoms with E-state index in [-0.39, 0.29) is 18.1 Å². The van der Waals surface area contributed by atoms with Gasteiger partial charge in [-0.15, -0.1) is 11.8 Å². The molecule has 0 amide bonds. The molecule has 0 spiro atoms. The van der Waals surface area contributed by atoms with Crippen LogP contribution in [0.2, 0.25) is 0 Å². The van der Waals surface area contributed by atoms with Gasteiger partial charge in [-0.1, -0.05) is 6.07 Å². The normalized spacial score (nSPS) is 24.3. The van der Waals surface area contributed by atoms with Gasteiger partial charge in [0.25, 0.3) is 0 Å². The third-order valence-corrected chi connectivity index (χ3v) is 3.78. The summed E-state index contributed by atoms with van der Waals surface area (Å²) in [6.07, 6.45) is 0.603. The van der Waals surface area contributed by atoms with E-state index in [2.05, 4.69) is 0 Å². The predicted octanol–water partition coefficient (Wildman–Crippen LogP) is 3.55.